The van der Waals surface area contributed by atoms with Crippen LogP contribution in [0.5, 0.6) is 0 Å². The van der Waals surface area contributed by atoms with Crippen LogP contribution in [0.15, 0.2) is 0 Å². The number of piperazine rings is 1. The molecule has 0 spiro atoms. The zero-order chi connectivity index (χ0) is 12.0. The Morgan fingerprint density at radius 1 is 1.25 bits per heavy atom. The van der Waals surface area contributed by atoms with E-state index in [1.54, 1.807) is 0 Å². The minimum Gasteiger partial charge on any atom is -0.304 e. The van der Waals surface area contributed by atoms with Gasteiger partial charge in [-0.3, -0.25) is 5.32 Å². The maximum atomic E-state index is 9.01. The molecule has 1 aliphatic rings. The van der Waals surface area contributed by atoms with E-state index in [1.165, 1.54) is 0 Å². The van der Waals surface area contributed by atoms with Gasteiger partial charge in [0.15, 0.2) is 0 Å². The molecule has 0 amide bonds. The molecule has 1 N–H and O–H groups in total. The highest BCUT2D eigenvalue weighted by atomic mass is 15.2. The second-order valence-corrected chi connectivity index (χ2v) is 4.94. The lowest BCUT2D eigenvalue weighted by Crippen LogP contribution is -2.46. The number of hydrogen-bond acceptors (Lipinski definition) is 4. The molecule has 1 atom stereocenters. The van der Waals surface area contributed by atoms with Crippen LogP contribution in [0.1, 0.15) is 20.3 Å². The summed E-state index contributed by atoms with van der Waals surface area (Å²) < 4.78 is 0. The quantitative estimate of drug-likeness (QED) is 0.739. The van der Waals surface area contributed by atoms with E-state index in [9.17, 15) is 0 Å². The van der Waals surface area contributed by atoms with E-state index in [4.69, 9.17) is 5.26 Å². The van der Waals surface area contributed by atoms with E-state index in [1.807, 2.05) is 0 Å². The third kappa shape index (κ3) is 4.93. The first kappa shape index (κ1) is 13.4. The minimum atomic E-state index is -0.000318. The van der Waals surface area contributed by atoms with Crippen LogP contribution in [-0.2, 0) is 0 Å². The molecular formula is C12H24N4. The molecule has 16 heavy (non-hydrogen) atoms. The van der Waals surface area contributed by atoms with Crippen molar-refractivity contribution in [1.29, 1.82) is 5.26 Å². The van der Waals surface area contributed by atoms with Crippen molar-refractivity contribution in [2.75, 3.05) is 39.8 Å². The summed E-state index contributed by atoms with van der Waals surface area (Å²) in [4.78, 5) is 4.80. The molecule has 4 nitrogen and oxygen atoms in total. The van der Waals surface area contributed by atoms with E-state index in [2.05, 4.69) is 42.1 Å². The van der Waals surface area contributed by atoms with Gasteiger partial charge in [0.1, 0.15) is 0 Å². The molecule has 1 unspecified atom stereocenters. The minimum absolute atomic E-state index is 0.000318. The third-order valence-corrected chi connectivity index (χ3v) is 3.02. The fourth-order valence-corrected chi connectivity index (χ4v) is 1.97. The van der Waals surface area contributed by atoms with E-state index in [0.29, 0.717) is 6.04 Å². The van der Waals surface area contributed by atoms with E-state index < -0.39 is 0 Å². The van der Waals surface area contributed by atoms with Gasteiger partial charge >= 0.3 is 0 Å². The predicted molar refractivity (Wildman–Crippen MR) is 66.2 cm³/mol. The number of hydrogen-bond donors (Lipinski definition) is 1. The smallest absolute Gasteiger partial charge is 0.0967 e. The van der Waals surface area contributed by atoms with Crippen LogP contribution < -0.4 is 5.32 Å². The molecule has 0 bridgehead atoms. The SMILES string of the molecule is CC(C)NC(C#N)CCN1CCN(C)CC1. The number of likely N-dealkylation sites (N-methyl/N-ethyl adjacent to an activating group) is 1. The Morgan fingerprint density at radius 2 is 1.88 bits per heavy atom. The molecule has 0 aliphatic carbocycles. The predicted octanol–water partition coefficient (Wildman–Crippen LogP) is 0.514. The Morgan fingerprint density at radius 3 is 2.38 bits per heavy atom. The van der Waals surface area contributed by atoms with Gasteiger partial charge in [0.25, 0.3) is 0 Å². The molecule has 1 aliphatic heterocycles. The summed E-state index contributed by atoms with van der Waals surface area (Å²) in [5.41, 5.74) is 0. The van der Waals surface area contributed by atoms with Gasteiger partial charge in [0.2, 0.25) is 0 Å². The van der Waals surface area contributed by atoms with Crippen LogP contribution in [0.3, 0.4) is 0 Å². The van der Waals surface area contributed by atoms with Gasteiger partial charge in [0, 0.05) is 38.8 Å². The van der Waals surface area contributed by atoms with Crippen LogP contribution in [0.4, 0.5) is 0 Å². The summed E-state index contributed by atoms with van der Waals surface area (Å²) >= 11 is 0. The second-order valence-electron chi connectivity index (χ2n) is 4.94. The molecule has 1 rings (SSSR count). The highest BCUT2D eigenvalue weighted by molar-refractivity contribution is 4.91. The first-order valence-corrected chi connectivity index (χ1v) is 6.18. The number of nitrogens with zero attached hydrogens (tertiary/aromatic N) is 3. The molecule has 92 valence electrons. The number of rotatable bonds is 5. The van der Waals surface area contributed by atoms with Gasteiger partial charge in [-0.25, -0.2) is 0 Å². The first-order chi connectivity index (χ1) is 7.61. The summed E-state index contributed by atoms with van der Waals surface area (Å²) in [6, 6.07) is 2.72. The normalized spacial score (nSPS) is 20.9. The summed E-state index contributed by atoms with van der Waals surface area (Å²) in [6.07, 6.45) is 0.929. The van der Waals surface area contributed by atoms with Crippen molar-refractivity contribution in [3.63, 3.8) is 0 Å². The summed E-state index contributed by atoms with van der Waals surface area (Å²) in [5, 5.41) is 12.3. The summed E-state index contributed by atoms with van der Waals surface area (Å²) in [6.45, 7) is 9.77. The lowest BCUT2D eigenvalue weighted by molar-refractivity contribution is 0.150. The fourth-order valence-electron chi connectivity index (χ4n) is 1.97. The first-order valence-electron chi connectivity index (χ1n) is 6.18. The molecule has 1 fully saturated rings. The van der Waals surface area contributed by atoms with Crippen molar-refractivity contribution in [3.8, 4) is 6.07 Å². The van der Waals surface area contributed by atoms with Crippen LogP contribution in [0.2, 0.25) is 0 Å². The van der Waals surface area contributed by atoms with Gasteiger partial charge < -0.3 is 9.80 Å². The molecule has 0 aromatic heterocycles. The molecule has 0 aromatic carbocycles. The van der Waals surface area contributed by atoms with Crippen molar-refractivity contribution >= 4 is 0 Å². The van der Waals surface area contributed by atoms with E-state index in [0.717, 1.165) is 39.1 Å². The molecule has 0 radical (unpaired) electrons. The largest absolute Gasteiger partial charge is 0.304 e. The Bertz CT molecular complexity index is 226. The maximum Gasteiger partial charge on any atom is 0.0967 e. The van der Waals surface area contributed by atoms with Crippen molar-refractivity contribution in [2.45, 2.75) is 32.4 Å². The average Bonchev–Trinajstić information content (AvgIpc) is 2.26. The highest BCUT2D eigenvalue weighted by Gasteiger charge is 2.15. The third-order valence-electron chi connectivity index (χ3n) is 3.02. The number of nitriles is 1. The zero-order valence-electron chi connectivity index (χ0n) is 10.7. The molecule has 1 saturated heterocycles. The lowest BCUT2D eigenvalue weighted by atomic mass is 10.2. The zero-order valence-corrected chi connectivity index (χ0v) is 10.7. The Labute approximate surface area is 99.2 Å². The van der Waals surface area contributed by atoms with Gasteiger partial charge in [-0.15, -0.1) is 0 Å². The molecular weight excluding hydrogens is 200 g/mol. The van der Waals surface area contributed by atoms with Gasteiger partial charge in [0.05, 0.1) is 12.1 Å². The number of nitrogens with one attached hydrogen (secondary N) is 1. The van der Waals surface area contributed by atoms with Crippen LogP contribution in [0, 0.1) is 11.3 Å². The average molecular weight is 224 g/mol. The van der Waals surface area contributed by atoms with Gasteiger partial charge in [-0.1, -0.05) is 0 Å². The fraction of sp³-hybridized carbons (Fsp3) is 0.917. The second kappa shape index (κ2) is 6.85. The van der Waals surface area contributed by atoms with Crippen molar-refractivity contribution < 1.29 is 0 Å². The Hall–Kier alpha value is -0.630. The molecule has 1 heterocycles. The highest BCUT2D eigenvalue weighted by Crippen LogP contribution is 2.02. The van der Waals surface area contributed by atoms with Crippen molar-refractivity contribution in [2.24, 2.45) is 0 Å². The standard InChI is InChI=1S/C12H24N4/c1-11(2)14-12(10-13)4-5-16-8-6-15(3)7-9-16/h11-12,14H,4-9H2,1-3H3. The monoisotopic (exact) mass is 224 g/mol. The molecule has 0 aromatic rings. The Balaban J connectivity index is 2.20. The summed E-state index contributed by atoms with van der Waals surface area (Å²) in [7, 11) is 2.16. The van der Waals surface area contributed by atoms with E-state index >= 15 is 0 Å². The van der Waals surface area contributed by atoms with Gasteiger partial charge in [-0.05, 0) is 27.3 Å². The van der Waals surface area contributed by atoms with Crippen LogP contribution in [0.25, 0.3) is 0 Å². The topological polar surface area (TPSA) is 42.3 Å². The van der Waals surface area contributed by atoms with Crippen molar-refractivity contribution in [1.82, 2.24) is 15.1 Å². The van der Waals surface area contributed by atoms with Crippen LogP contribution >= 0.6 is 0 Å². The molecule has 4 heteroatoms. The lowest BCUT2D eigenvalue weighted by Gasteiger charge is -2.32. The maximum absolute atomic E-state index is 9.01. The summed E-state index contributed by atoms with van der Waals surface area (Å²) in [5.74, 6) is 0. The molecule has 0 saturated carbocycles. The van der Waals surface area contributed by atoms with Crippen LogP contribution in [-0.4, -0.2) is 61.7 Å². The van der Waals surface area contributed by atoms with E-state index in [-0.39, 0.29) is 6.04 Å². The Kier molecular flexibility index (Phi) is 5.75. The van der Waals surface area contributed by atoms with Gasteiger partial charge in [-0.2, -0.15) is 5.26 Å². The van der Waals surface area contributed by atoms with Crippen molar-refractivity contribution in [3.05, 3.63) is 0 Å².